The summed E-state index contributed by atoms with van der Waals surface area (Å²) in [5.41, 5.74) is 4.15. The van der Waals surface area contributed by atoms with Crippen LogP contribution < -0.4 is 20.3 Å². The molecule has 2 aromatic rings. The van der Waals surface area contributed by atoms with Crippen molar-refractivity contribution in [1.82, 2.24) is 10.6 Å². The van der Waals surface area contributed by atoms with Crippen molar-refractivity contribution in [3.63, 3.8) is 0 Å². The second-order valence-corrected chi connectivity index (χ2v) is 6.78. The Balaban J connectivity index is 1.55. The number of methoxy groups -OCH3 is 1. The van der Waals surface area contributed by atoms with Crippen LogP contribution in [0.3, 0.4) is 0 Å². The van der Waals surface area contributed by atoms with Crippen molar-refractivity contribution >= 4 is 17.6 Å². The van der Waals surface area contributed by atoms with E-state index in [2.05, 4.69) is 10.6 Å². The van der Waals surface area contributed by atoms with Gasteiger partial charge >= 0.3 is 6.03 Å². The van der Waals surface area contributed by atoms with E-state index in [0.29, 0.717) is 19.5 Å². The van der Waals surface area contributed by atoms with Gasteiger partial charge < -0.3 is 20.3 Å². The SMILES string of the molecule is COc1cccc(CNC(=O)NC2CCN(c3ccc(C)c(C)c3)C2=O)c1. The standard InChI is InChI=1S/C21H25N3O3/c1-14-7-8-17(11-15(14)2)24-10-9-19(20(24)25)23-21(26)22-13-16-5-4-6-18(12-16)27-3/h4-8,11-12,19H,9-10,13H2,1-3H3,(H2,22,23,26). The number of ether oxygens (including phenoxy) is 1. The lowest BCUT2D eigenvalue weighted by Gasteiger charge is -2.18. The number of carbonyl (C=O) groups excluding carboxylic acids is 2. The van der Waals surface area contributed by atoms with Gasteiger partial charge in [0.1, 0.15) is 11.8 Å². The van der Waals surface area contributed by atoms with Crippen LogP contribution in [0.2, 0.25) is 0 Å². The second-order valence-electron chi connectivity index (χ2n) is 6.78. The van der Waals surface area contributed by atoms with Crippen LogP contribution >= 0.6 is 0 Å². The highest BCUT2D eigenvalue weighted by Crippen LogP contribution is 2.24. The summed E-state index contributed by atoms with van der Waals surface area (Å²) < 4.78 is 5.17. The van der Waals surface area contributed by atoms with Gasteiger partial charge in [-0.25, -0.2) is 4.79 Å². The minimum absolute atomic E-state index is 0.0743. The summed E-state index contributed by atoms with van der Waals surface area (Å²) in [5, 5.41) is 5.57. The van der Waals surface area contributed by atoms with Crippen LogP contribution in [-0.2, 0) is 11.3 Å². The third kappa shape index (κ3) is 4.39. The van der Waals surface area contributed by atoms with E-state index in [-0.39, 0.29) is 11.9 Å². The number of rotatable bonds is 5. The molecule has 1 aliphatic heterocycles. The predicted molar refractivity (Wildman–Crippen MR) is 105 cm³/mol. The Morgan fingerprint density at radius 2 is 2.00 bits per heavy atom. The zero-order valence-electron chi connectivity index (χ0n) is 15.9. The first-order chi connectivity index (χ1) is 13.0. The fourth-order valence-corrected chi connectivity index (χ4v) is 3.14. The summed E-state index contributed by atoms with van der Waals surface area (Å²) in [6.45, 7) is 5.04. The maximum atomic E-state index is 12.7. The smallest absolute Gasteiger partial charge is 0.315 e. The molecule has 3 rings (SSSR count). The first-order valence-corrected chi connectivity index (χ1v) is 9.04. The molecule has 0 radical (unpaired) electrons. The van der Waals surface area contributed by atoms with Gasteiger partial charge in [-0.2, -0.15) is 0 Å². The molecule has 0 bridgehead atoms. The van der Waals surface area contributed by atoms with Gasteiger partial charge in [0.15, 0.2) is 0 Å². The number of carbonyl (C=O) groups is 2. The van der Waals surface area contributed by atoms with E-state index in [1.54, 1.807) is 12.0 Å². The van der Waals surface area contributed by atoms with Crippen molar-refractivity contribution in [3.8, 4) is 5.75 Å². The molecule has 2 N–H and O–H groups in total. The molecule has 1 heterocycles. The number of hydrogen-bond donors (Lipinski definition) is 2. The minimum atomic E-state index is -0.503. The van der Waals surface area contributed by atoms with Gasteiger partial charge in [-0.3, -0.25) is 4.79 Å². The monoisotopic (exact) mass is 367 g/mol. The molecule has 2 aromatic carbocycles. The highest BCUT2D eigenvalue weighted by Gasteiger charge is 2.33. The zero-order chi connectivity index (χ0) is 19.4. The van der Waals surface area contributed by atoms with Crippen LogP contribution in [0.1, 0.15) is 23.1 Å². The summed E-state index contributed by atoms with van der Waals surface area (Å²) in [6.07, 6.45) is 0.596. The second kappa shape index (κ2) is 8.12. The first-order valence-electron chi connectivity index (χ1n) is 9.04. The molecule has 27 heavy (non-hydrogen) atoms. The molecular weight excluding hydrogens is 342 g/mol. The molecule has 142 valence electrons. The van der Waals surface area contributed by atoms with Crippen molar-refractivity contribution in [3.05, 3.63) is 59.2 Å². The summed E-state index contributed by atoms with van der Waals surface area (Å²) >= 11 is 0. The van der Waals surface area contributed by atoms with Crippen molar-refractivity contribution in [2.24, 2.45) is 0 Å². The quantitative estimate of drug-likeness (QED) is 0.854. The fourth-order valence-electron chi connectivity index (χ4n) is 3.14. The topological polar surface area (TPSA) is 70.7 Å². The lowest BCUT2D eigenvalue weighted by molar-refractivity contribution is -0.118. The number of benzene rings is 2. The predicted octanol–water partition coefficient (Wildman–Crippen LogP) is 2.92. The van der Waals surface area contributed by atoms with Crippen LogP contribution in [0.25, 0.3) is 0 Å². The van der Waals surface area contributed by atoms with Gasteiger partial charge in [-0.05, 0) is 61.2 Å². The molecule has 1 saturated heterocycles. The maximum Gasteiger partial charge on any atom is 0.315 e. The molecule has 6 heteroatoms. The van der Waals surface area contributed by atoms with E-state index in [4.69, 9.17) is 4.74 Å². The van der Waals surface area contributed by atoms with Crippen LogP contribution in [-0.4, -0.2) is 31.6 Å². The number of hydrogen-bond acceptors (Lipinski definition) is 3. The Kier molecular flexibility index (Phi) is 5.64. The van der Waals surface area contributed by atoms with Gasteiger partial charge in [0.05, 0.1) is 7.11 Å². The Morgan fingerprint density at radius 1 is 1.19 bits per heavy atom. The van der Waals surface area contributed by atoms with E-state index < -0.39 is 6.04 Å². The largest absolute Gasteiger partial charge is 0.497 e. The summed E-state index contributed by atoms with van der Waals surface area (Å²) in [6, 6.07) is 12.6. The van der Waals surface area contributed by atoms with Gasteiger partial charge in [0.2, 0.25) is 5.91 Å². The van der Waals surface area contributed by atoms with E-state index in [9.17, 15) is 9.59 Å². The Hall–Kier alpha value is -3.02. The summed E-state index contributed by atoms with van der Waals surface area (Å²) in [5.74, 6) is 0.666. The third-order valence-corrected chi connectivity index (χ3v) is 4.90. The van der Waals surface area contributed by atoms with Crippen molar-refractivity contribution < 1.29 is 14.3 Å². The average Bonchev–Trinajstić information content (AvgIpc) is 3.03. The van der Waals surface area contributed by atoms with Crippen LogP contribution in [0.5, 0.6) is 5.75 Å². The van der Waals surface area contributed by atoms with Crippen molar-refractivity contribution in [1.29, 1.82) is 0 Å². The number of nitrogens with one attached hydrogen (secondary N) is 2. The summed E-state index contributed by atoms with van der Waals surface area (Å²) in [7, 11) is 1.60. The highest BCUT2D eigenvalue weighted by molar-refractivity contribution is 6.01. The Morgan fingerprint density at radius 3 is 2.74 bits per heavy atom. The van der Waals surface area contributed by atoms with E-state index in [1.807, 2.05) is 56.3 Å². The van der Waals surface area contributed by atoms with Gasteiger partial charge in [-0.15, -0.1) is 0 Å². The van der Waals surface area contributed by atoms with Crippen LogP contribution in [0.4, 0.5) is 10.5 Å². The number of anilines is 1. The van der Waals surface area contributed by atoms with E-state index in [1.165, 1.54) is 5.56 Å². The molecule has 0 saturated carbocycles. The van der Waals surface area contributed by atoms with Crippen molar-refractivity contribution in [2.45, 2.75) is 32.9 Å². The van der Waals surface area contributed by atoms with Gasteiger partial charge in [-0.1, -0.05) is 18.2 Å². The molecule has 1 atom stereocenters. The maximum absolute atomic E-state index is 12.7. The first kappa shape index (κ1) is 18.8. The van der Waals surface area contributed by atoms with Gasteiger partial charge in [0, 0.05) is 18.8 Å². The van der Waals surface area contributed by atoms with Crippen LogP contribution in [0.15, 0.2) is 42.5 Å². The molecule has 0 spiro atoms. The lowest BCUT2D eigenvalue weighted by Crippen LogP contribution is -2.45. The van der Waals surface area contributed by atoms with Crippen LogP contribution in [0, 0.1) is 13.8 Å². The molecule has 0 aromatic heterocycles. The van der Waals surface area contributed by atoms with E-state index in [0.717, 1.165) is 22.6 Å². The number of aryl methyl sites for hydroxylation is 2. The van der Waals surface area contributed by atoms with E-state index >= 15 is 0 Å². The zero-order valence-corrected chi connectivity index (χ0v) is 15.9. The summed E-state index contributed by atoms with van der Waals surface area (Å²) in [4.78, 5) is 26.6. The van der Waals surface area contributed by atoms with Crippen molar-refractivity contribution in [2.75, 3.05) is 18.6 Å². The molecule has 6 nitrogen and oxygen atoms in total. The molecule has 1 fully saturated rings. The Bertz CT molecular complexity index is 850. The Labute approximate surface area is 159 Å². The number of urea groups is 1. The minimum Gasteiger partial charge on any atom is -0.497 e. The average molecular weight is 367 g/mol. The third-order valence-electron chi connectivity index (χ3n) is 4.90. The molecular formula is C21H25N3O3. The van der Waals surface area contributed by atoms with Gasteiger partial charge in [0.25, 0.3) is 0 Å². The highest BCUT2D eigenvalue weighted by atomic mass is 16.5. The molecule has 0 aliphatic carbocycles. The molecule has 1 unspecified atom stereocenters. The number of amides is 3. The fraction of sp³-hybridized carbons (Fsp3) is 0.333. The number of nitrogens with zero attached hydrogens (tertiary/aromatic N) is 1. The molecule has 1 aliphatic rings. The lowest BCUT2D eigenvalue weighted by atomic mass is 10.1. The molecule has 3 amide bonds. The normalized spacial score (nSPS) is 16.3.